The monoisotopic (exact) mass is 259 g/mol. The van der Waals surface area contributed by atoms with E-state index in [0.29, 0.717) is 28.3 Å². The third-order valence-electron chi connectivity index (χ3n) is 2.98. The zero-order valence-corrected chi connectivity index (χ0v) is 11.0. The minimum atomic E-state index is -0.815. The Hall–Kier alpha value is -2.20. The van der Waals surface area contributed by atoms with E-state index in [-0.39, 0.29) is 0 Å². The fraction of sp³-hybridized carbons (Fsp3) is 0.200. The molecule has 0 spiro atoms. The Morgan fingerprint density at radius 3 is 2.11 bits per heavy atom. The first-order valence-corrected chi connectivity index (χ1v) is 5.91. The molecule has 4 heteroatoms. The molecule has 0 saturated carbocycles. The Bertz CT molecular complexity index is 547. The first-order chi connectivity index (χ1) is 9.15. The van der Waals surface area contributed by atoms with Crippen LogP contribution in [-0.2, 0) is 0 Å². The number of aliphatic hydroxyl groups excluding tert-OH is 1. The lowest BCUT2D eigenvalue weighted by molar-refractivity contribution is 0.220. The zero-order valence-electron chi connectivity index (χ0n) is 11.0. The number of nitrogen functional groups attached to an aromatic ring is 1. The second kappa shape index (κ2) is 5.63. The lowest BCUT2D eigenvalue weighted by Crippen LogP contribution is -2.04. The van der Waals surface area contributed by atoms with Gasteiger partial charge < -0.3 is 20.3 Å². The molecule has 2 rings (SSSR count). The molecule has 0 aliphatic heterocycles. The molecule has 1 unspecified atom stereocenters. The number of methoxy groups -OCH3 is 2. The summed E-state index contributed by atoms with van der Waals surface area (Å²) in [6.07, 6.45) is -0.815. The van der Waals surface area contributed by atoms with E-state index < -0.39 is 6.10 Å². The average Bonchev–Trinajstić information content (AvgIpc) is 2.46. The van der Waals surface area contributed by atoms with Crippen LogP contribution in [0.2, 0.25) is 0 Å². The second-order valence-corrected chi connectivity index (χ2v) is 4.18. The minimum absolute atomic E-state index is 0.553. The molecule has 0 radical (unpaired) electrons. The summed E-state index contributed by atoms with van der Waals surface area (Å²) in [5, 5.41) is 10.4. The molecular weight excluding hydrogens is 242 g/mol. The smallest absolute Gasteiger partial charge is 0.122 e. The van der Waals surface area contributed by atoms with E-state index in [1.807, 2.05) is 12.1 Å². The molecule has 3 N–H and O–H groups in total. The van der Waals surface area contributed by atoms with Crippen molar-refractivity contribution in [2.75, 3.05) is 20.0 Å². The molecule has 0 saturated heterocycles. The van der Waals surface area contributed by atoms with Crippen LogP contribution in [0.3, 0.4) is 0 Å². The van der Waals surface area contributed by atoms with Crippen LogP contribution in [0.4, 0.5) is 5.69 Å². The zero-order chi connectivity index (χ0) is 13.8. The SMILES string of the molecule is COc1cc(OC)cc(C(O)c2ccccc2N)c1. The third-order valence-corrected chi connectivity index (χ3v) is 2.98. The first-order valence-electron chi connectivity index (χ1n) is 5.91. The Balaban J connectivity index is 2.43. The number of nitrogens with two attached hydrogens (primary N) is 1. The van der Waals surface area contributed by atoms with Crippen LogP contribution in [-0.4, -0.2) is 19.3 Å². The van der Waals surface area contributed by atoms with Crippen molar-refractivity contribution in [3.05, 3.63) is 53.6 Å². The highest BCUT2D eigenvalue weighted by Gasteiger charge is 2.15. The van der Waals surface area contributed by atoms with E-state index in [1.165, 1.54) is 0 Å². The molecular formula is C15H17NO3. The van der Waals surface area contributed by atoms with Crippen molar-refractivity contribution in [1.82, 2.24) is 0 Å². The van der Waals surface area contributed by atoms with Crippen molar-refractivity contribution in [1.29, 1.82) is 0 Å². The van der Waals surface area contributed by atoms with Gasteiger partial charge in [0.1, 0.15) is 17.6 Å². The van der Waals surface area contributed by atoms with Gasteiger partial charge in [0.2, 0.25) is 0 Å². The highest BCUT2D eigenvalue weighted by Crippen LogP contribution is 2.31. The molecule has 0 fully saturated rings. The van der Waals surface area contributed by atoms with Gasteiger partial charge in [0, 0.05) is 17.3 Å². The van der Waals surface area contributed by atoms with Gasteiger partial charge in [-0.25, -0.2) is 0 Å². The van der Waals surface area contributed by atoms with Crippen LogP contribution in [0.15, 0.2) is 42.5 Å². The summed E-state index contributed by atoms with van der Waals surface area (Å²) >= 11 is 0. The molecule has 19 heavy (non-hydrogen) atoms. The predicted octanol–water partition coefficient (Wildman–Crippen LogP) is 2.37. The van der Waals surface area contributed by atoms with Crippen molar-refractivity contribution < 1.29 is 14.6 Å². The van der Waals surface area contributed by atoms with Gasteiger partial charge in [-0.3, -0.25) is 0 Å². The van der Waals surface area contributed by atoms with Gasteiger partial charge in [-0.05, 0) is 23.8 Å². The molecule has 2 aromatic rings. The summed E-state index contributed by atoms with van der Waals surface area (Å²) in [4.78, 5) is 0. The number of aliphatic hydroxyl groups is 1. The summed E-state index contributed by atoms with van der Waals surface area (Å²) in [7, 11) is 3.14. The summed E-state index contributed by atoms with van der Waals surface area (Å²) < 4.78 is 10.4. The maximum Gasteiger partial charge on any atom is 0.122 e. The molecule has 0 heterocycles. The molecule has 0 amide bonds. The van der Waals surface area contributed by atoms with Crippen LogP contribution < -0.4 is 15.2 Å². The Morgan fingerprint density at radius 1 is 1.00 bits per heavy atom. The molecule has 0 aliphatic carbocycles. The van der Waals surface area contributed by atoms with Crippen LogP contribution in [0.5, 0.6) is 11.5 Å². The number of rotatable bonds is 4. The van der Waals surface area contributed by atoms with Crippen molar-refractivity contribution in [2.45, 2.75) is 6.10 Å². The quantitative estimate of drug-likeness (QED) is 0.827. The first kappa shape index (κ1) is 13.2. The van der Waals surface area contributed by atoms with E-state index in [2.05, 4.69) is 0 Å². The van der Waals surface area contributed by atoms with Gasteiger partial charge in [0.15, 0.2) is 0 Å². The third kappa shape index (κ3) is 2.80. The van der Waals surface area contributed by atoms with Gasteiger partial charge in [-0.1, -0.05) is 18.2 Å². The van der Waals surface area contributed by atoms with E-state index in [4.69, 9.17) is 15.2 Å². The molecule has 1 atom stereocenters. The summed E-state index contributed by atoms with van der Waals surface area (Å²) in [6.45, 7) is 0. The van der Waals surface area contributed by atoms with Crippen molar-refractivity contribution in [3.8, 4) is 11.5 Å². The second-order valence-electron chi connectivity index (χ2n) is 4.18. The number of anilines is 1. The molecule has 0 aromatic heterocycles. The molecule has 4 nitrogen and oxygen atoms in total. The van der Waals surface area contributed by atoms with Crippen LogP contribution >= 0.6 is 0 Å². The largest absolute Gasteiger partial charge is 0.497 e. The van der Waals surface area contributed by atoms with Crippen molar-refractivity contribution in [3.63, 3.8) is 0 Å². The highest BCUT2D eigenvalue weighted by atomic mass is 16.5. The standard InChI is InChI=1S/C15H17NO3/c1-18-11-7-10(8-12(9-11)19-2)15(17)13-5-3-4-6-14(13)16/h3-9,15,17H,16H2,1-2H3. The van der Waals surface area contributed by atoms with E-state index in [9.17, 15) is 5.11 Å². The molecule has 0 aliphatic rings. The van der Waals surface area contributed by atoms with Gasteiger partial charge in [-0.15, -0.1) is 0 Å². The summed E-state index contributed by atoms with van der Waals surface area (Å²) in [5.41, 5.74) is 7.77. The van der Waals surface area contributed by atoms with Gasteiger partial charge >= 0.3 is 0 Å². The number of hydrogen-bond acceptors (Lipinski definition) is 4. The summed E-state index contributed by atoms with van der Waals surface area (Å²) in [6, 6.07) is 12.5. The highest BCUT2D eigenvalue weighted by molar-refractivity contribution is 5.52. The normalized spacial score (nSPS) is 11.9. The molecule has 2 aromatic carbocycles. The molecule has 0 bridgehead atoms. The Kier molecular flexibility index (Phi) is 3.92. The van der Waals surface area contributed by atoms with E-state index in [1.54, 1.807) is 44.6 Å². The number of para-hydroxylation sites is 1. The lowest BCUT2D eigenvalue weighted by atomic mass is 9.99. The number of benzene rings is 2. The van der Waals surface area contributed by atoms with Crippen molar-refractivity contribution >= 4 is 5.69 Å². The van der Waals surface area contributed by atoms with Gasteiger partial charge in [0.05, 0.1) is 14.2 Å². The Morgan fingerprint density at radius 2 is 1.58 bits per heavy atom. The van der Waals surface area contributed by atoms with Crippen molar-refractivity contribution in [2.24, 2.45) is 0 Å². The lowest BCUT2D eigenvalue weighted by Gasteiger charge is -2.15. The average molecular weight is 259 g/mol. The van der Waals surface area contributed by atoms with Crippen LogP contribution in [0, 0.1) is 0 Å². The summed E-state index contributed by atoms with van der Waals surface area (Å²) in [5.74, 6) is 1.26. The van der Waals surface area contributed by atoms with Gasteiger partial charge in [0.25, 0.3) is 0 Å². The minimum Gasteiger partial charge on any atom is -0.497 e. The van der Waals surface area contributed by atoms with Crippen LogP contribution in [0.25, 0.3) is 0 Å². The fourth-order valence-electron chi connectivity index (χ4n) is 1.93. The topological polar surface area (TPSA) is 64.7 Å². The van der Waals surface area contributed by atoms with Gasteiger partial charge in [-0.2, -0.15) is 0 Å². The number of hydrogen-bond donors (Lipinski definition) is 2. The fourth-order valence-corrected chi connectivity index (χ4v) is 1.93. The predicted molar refractivity (Wildman–Crippen MR) is 74.5 cm³/mol. The maximum atomic E-state index is 10.4. The maximum absolute atomic E-state index is 10.4. The molecule has 100 valence electrons. The van der Waals surface area contributed by atoms with E-state index in [0.717, 1.165) is 0 Å². The van der Waals surface area contributed by atoms with E-state index >= 15 is 0 Å². The Labute approximate surface area is 112 Å². The van der Waals surface area contributed by atoms with Crippen LogP contribution in [0.1, 0.15) is 17.2 Å². The number of ether oxygens (including phenoxy) is 2.